The van der Waals surface area contributed by atoms with E-state index in [1.165, 1.54) is 30.1 Å². The first-order chi connectivity index (χ1) is 22.8. The second-order valence-corrected chi connectivity index (χ2v) is 13.2. The van der Waals surface area contributed by atoms with E-state index in [0.29, 0.717) is 21.8 Å². The average molecular weight is 693 g/mol. The molecule has 0 aromatic heterocycles. The van der Waals surface area contributed by atoms with Crippen LogP contribution in [0, 0.1) is 0 Å². The minimum absolute atomic E-state index is 0.142. The molecule has 12 nitrogen and oxygen atoms in total. The van der Waals surface area contributed by atoms with E-state index >= 15 is 0 Å². The monoisotopic (exact) mass is 692 g/mol. The summed E-state index contributed by atoms with van der Waals surface area (Å²) < 4.78 is 21.5. The third-order valence-corrected chi connectivity index (χ3v) is 6.60. The Balaban J connectivity index is 1.72. The van der Waals surface area contributed by atoms with Crippen LogP contribution in [0.15, 0.2) is 83.4 Å². The van der Waals surface area contributed by atoms with Crippen molar-refractivity contribution in [2.24, 2.45) is 10.8 Å². The molecule has 0 saturated carbocycles. The maximum atomic E-state index is 13.0. The van der Waals surface area contributed by atoms with Crippen LogP contribution in [-0.4, -0.2) is 53.3 Å². The zero-order valence-electron chi connectivity index (χ0n) is 28.8. The summed E-state index contributed by atoms with van der Waals surface area (Å²) in [5, 5.41) is 0.848. The van der Waals surface area contributed by atoms with Gasteiger partial charge in [0.15, 0.2) is 0 Å². The number of carbonyl (C=O) groups excluding carboxylic acids is 4. The number of ether oxygens (including phenoxy) is 4. The molecule has 2 amide bonds. The smallest absolute Gasteiger partial charge is 0.437 e. The lowest BCUT2D eigenvalue weighted by molar-refractivity contribution is -0.140. The number of hydrogen-bond acceptors (Lipinski definition) is 9. The maximum absolute atomic E-state index is 13.0. The molecule has 3 aromatic rings. The zero-order chi connectivity index (χ0) is 36.5. The van der Waals surface area contributed by atoms with Gasteiger partial charge >= 0.3 is 24.1 Å². The molecule has 3 rings (SSSR count). The summed E-state index contributed by atoms with van der Waals surface area (Å²) in [4.78, 5) is 56.0. The largest absolute Gasteiger partial charge is 0.457 e. The van der Waals surface area contributed by atoms with Crippen molar-refractivity contribution in [2.45, 2.75) is 66.3 Å². The van der Waals surface area contributed by atoms with Gasteiger partial charge in [0, 0.05) is 24.4 Å². The van der Waals surface area contributed by atoms with Gasteiger partial charge in [-0.3, -0.25) is 0 Å². The van der Waals surface area contributed by atoms with Crippen LogP contribution in [0.3, 0.4) is 0 Å². The molecule has 0 bridgehead atoms. The third-order valence-electron chi connectivity index (χ3n) is 6.27. The minimum atomic E-state index is -0.980. The van der Waals surface area contributed by atoms with Crippen molar-refractivity contribution >= 4 is 53.4 Å². The van der Waals surface area contributed by atoms with Crippen LogP contribution in [-0.2, 0) is 25.6 Å². The number of nitrogens with zero attached hydrogens (tertiary/aromatic N) is 3. The molecule has 0 saturated heterocycles. The van der Waals surface area contributed by atoms with E-state index < -0.39 is 35.3 Å². The van der Waals surface area contributed by atoms with E-state index in [-0.39, 0.29) is 28.9 Å². The lowest BCUT2D eigenvalue weighted by Gasteiger charge is -2.29. The highest BCUT2D eigenvalue weighted by molar-refractivity contribution is 6.32. The van der Waals surface area contributed by atoms with Gasteiger partial charge < -0.3 is 23.8 Å². The summed E-state index contributed by atoms with van der Waals surface area (Å²) in [7, 11) is 1.52. The number of benzene rings is 3. The van der Waals surface area contributed by atoms with E-state index in [1.807, 2.05) is 30.3 Å². The zero-order valence-corrected chi connectivity index (χ0v) is 29.5. The van der Waals surface area contributed by atoms with Crippen LogP contribution in [0.2, 0.25) is 5.02 Å². The van der Waals surface area contributed by atoms with Crippen molar-refractivity contribution in [1.29, 1.82) is 0 Å². The Labute approximate surface area is 291 Å². The van der Waals surface area contributed by atoms with E-state index in [4.69, 9.17) is 36.4 Å². The number of halogens is 1. The fourth-order valence-electron chi connectivity index (χ4n) is 3.97. The number of amides is 2. The summed E-state index contributed by atoms with van der Waals surface area (Å²) in [5.74, 6) is 4.78. The SMILES string of the molecule is C/C(=C\c1ccc(OC(=O)c2ccc(N(C)C(=NC(=O)OC(C)(C)C)N(N)C(=O)OC(C)(C)C)cc2)cc1Cl)C(=O)OCc1ccccc1. The maximum Gasteiger partial charge on any atom is 0.437 e. The predicted octanol–water partition coefficient (Wildman–Crippen LogP) is 7.54. The molecule has 0 heterocycles. The van der Waals surface area contributed by atoms with E-state index in [9.17, 15) is 19.2 Å². The van der Waals surface area contributed by atoms with Gasteiger partial charge in [0.05, 0.1) is 10.6 Å². The van der Waals surface area contributed by atoms with E-state index in [2.05, 4.69) is 4.99 Å². The van der Waals surface area contributed by atoms with Gasteiger partial charge in [-0.05, 0) is 102 Å². The van der Waals surface area contributed by atoms with Crippen LogP contribution < -0.4 is 15.5 Å². The lowest BCUT2D eigenvalue weighted by Crippen LogP contribution is -2.52. The summed E-state index contributed by atoms with van der Waals surface area (Å²) in [5.41, 5.74) is 0.624. The second kappa shape index (κ2) is 16.3. The molecular weight excluding hydrogens is 652 g/mol. The molecule has 0 aliphatic heterocycles. The summed E-state index contributed by atoms with van der Waals surface area (Å²) in [6.07, 6.45) is -0.352. The number of nitrogens with two attached hydrogens (primary N) is 1. The van der Waals surface area contributed by atoms with Crippen LogP contribution in [0.25, 0.3) is 6.08 Å². The summed E-state index contributed by atoms with van der Waals surface area (Å²) in [6.45, 7) is 11.8. The van der Waals surface area contributed by atoms with Crippen molar-refractivity contribution < 1.29 is 38.1 Å². The fourth-order valence-corrected chi connectivity index (χ4v) is 4.19. The Morgan fingerprint density at radius 1 is 0.878 bits per heavy atom. The number of guanidine groups is 1. The number of hydrazine groups is 1. The standard InChI is InChI=1S/C36H41ClN4O8/c1-23(30(42)46-22-24-12-10-9-11-13-24)20-26-16-19-28(21-29(26)37)47-31(43)25-14-17-27(18-15-25)40(8)32(39-33(44)48-35(2,3)4)41(38)34(45)49-36(5,6)7/h9-21H,22,38H2,1-8H3/b23-20+,39-32?. The Kier molecular flexibility index (Phi) is 12.7. The first-order valence-corrected chi connectivity index (χ1v) is 15.5. The molecule has 0 unspecified atom stereocenters. The highest BCUT2D eigenvalue weighted by Crippen LogP contribution is 2.26. The van der Waals surface area contributed by atoms with Crippen molar-refractivity contribution in [3.8, 4) is 5.75 Å². The van der Waals surface area contributed by atoms with Gasteiger partial charge in [-0.2, -0.15) is 5.01 Å². The van der Waals surface area contributed by atoms with Crippen molar-refractivity contribution in [3.05, 3.63) is 100 Å². The first kappa shape index (κ1) is 38.2. The fraction of sp³-hybridized carbons (Fsp3) is 0.306. The molecule has 0 atom stereocenters. The van der Waals surface area contributed by atoms with E-state index in [0.717, 1.165) is 5.56 Å². The quantitative estimate of drug-likeness (QED) is 0.0303. The number of rotatable bonds is 7. The lowest BCUT2D eigenvalue weighted by atomic mass is 10.1. The molecule has 2 N–H and O–H groups in total. The average Bonchev–Trinajstić information content (AvgIpc) is 3.02. The molecule has 260 valence electrons. The third kappa shape index (κ3) is 12.1. The van der Waals surface area contributed by atoms with Gasteiger partial charge in [-0.1, -0.05) is 41.9 Å². The van der Waals surface area contributed by atoms with Gasteiger partial charge in [0.25, 0.3) is 0 Å². The highest BCUT2D eigenvalue weighted by Gasteiger charge is 2.28. The molecule has 3 aromatic carbocycles. The van der Waals surface area contributed by atoms with Crippen molar-refractivity contribution in [2.75, 3.05) is 11.9 Å². The number of carbonyl (C=O) groups is 4. The molecule has 0 aliphatic rings. The molecule has 0 fully saturated rings. The van der Waals surface area contributed by atoms with Crippen LogP contribution in [0.1, 0.15) is 70.0 Å². The molecule has 0 aliphatic carbocycles. The van der Waals surface area contributed by atoms with Crippen molar-refractivity contribution in [3.63, 3.8) is 0 Å². The normalized spacial score (nSPS) is 12.1. The second-order valence-electron chi connectivity index (χ2n) is 12.8. The Morgan fingerprint density at radius 3 is 2.06 bits per heavy atom. The number of aliphatic imine (C=N–C) groups is 1. The van der Waals surface area contributed by atoms with Gasteiger partial charge in [-0.15, -0.1) is 4.99 Å². The highest BCUT2D eigenvalue weighted by atomic mass is 35.5. The predicted molar refractivity (Wildman–Crippen MR) is 187 cm³/mol. The molecule has 13 heteroatoms. The van der Waals surface area contributed by atoms with Crippen molar-refractivity contribution in [1.82, 2.24) is 5.01 Å². The molecule has 49 heavy (non-hydrogen) atoms. The Hall–Kier alpha value is -5.20. The number of esters is 2. The van der Waals surface area contributed by atoms with Gasteiger partial charge in [0.1, 0.15) is 23.6 Å². The topological polar surface area (TPSA) is 150 Å². The van der Waals surface area contributed by atoms with Crippen LogP contribution >= 0.6 is 11.6 Å². The Bertz CT molecular complexity index is 1730. The minimum Gasteiger partial charge on any atom is -0.457 e. The summed E-state index contributed by atoms with van der Waals surface area (Å²) >= 11 is 6.44. The number of anilines is 1. The Morgan fingerprint density at radius 2 is 1.49 bits per heavy atom. The van der Waals surface area contributed by atoms with Gasteiger partial charge in [-0.25, -0.2) is 25.0 Å². The first-order valence-electron chi connectivity index (χ1n) is 15.2. The molecule has 0 radical (unpaired) electrons. The van der Waals surface area contributed by atoms with Crippen LogP contribution in [0.4, 0.5) is 15.3 Å². The van der Waals surface area contributed by atoms with Crippen LogP contribution in [0.5, 0.6) is 5.75 Å². The summed E-state index contributed by atoms with van der Waals surface area (Å²) in [6, 6.07) is 20.0. The number of hydrogen-bond donors (Lipinski definition) is 1. The van der Waals surface area contributed by atoms with Gasteiger partial charge in [0.2, 0.25) is 5.96 Å². The molecular formula is C36H41ClN4O8. The van der Waals surface area contributed by atoms with E-state index in [1.54, 1.807) is 78.8 Å². The molecule has 0 spiro atoms.